The van der Waals surface area contributed by atoms with E-state index in [2.05, 4.69) is 22.1 Å². The average Bonchev–Trinajstić information content (AvgIpc) is 2.77. The van der Waals surface area contributed by atoms with Crippen molar-refractivity contribution in [1.82, 2.24) is 14.9 Å². The molecule has 31 heavy (non-hydrogen) atoms. The standard InChI is InChI=1S/C25H26N4O2/c1-18-22(19(2)28-25(31)23(18)16-26)8-9-24(30)29(17-21-10-13-27-14-11-21)15-12-20-6-4-3-5-7-20/h3-7,10-11,13-14H,8-9,12,15,17H2,1-2H3,(H,28,31). The maximum Gasteiger partial charge on any atom is 0.266 e. The molecule has 2 aromatic heterocycles. The number of rotatable bonds is 8. The second-order valence-corrected chi connectivity index (χ2v) is 7.58. The number of nitrogens with zero attached hydrogens (tertiary/aromatic N) is 3. The fraction of sp³-hybridized carbons (Fsp3) is 0.280. The van der Waals surface area contributed by atoms with Crippen LogP contribution in [0, 0.1) is 25.2 Å². The SMILES string of the molecule is Cc1[nH]c(=O)c(C#N)c(C)c1CCC(=O)N(CCc1ccccc1)Cc1ccncc1. The maximum atomic E-state index is 13.2. The maximum absolute atomic E-state index is 13.2. The topological polar surface area (TPSA) is 89.8 Å². The third kappa shape index (κ3) is 5.67. The van der Waals surface area contributed by atoms with Gasteiger partial charge in [0.2, 0.25) is 5.91 Å². The minimum Gasteiger partial charge on any atom is -0.338 e. The van der Waals surface area contributed by atoms with Crippen molar-refractivity contribution in [2.45, 2.75) is 39.7 Å². The van der Waals surface area contributed by atoms with E-state index in [9.17, 15) is 14.9 Å². The van der Waals surface area contributed by atoms with E-state index >= 15 is 0 Å². The highest BCUT2D eigenvalue weighted by atomic mass is 16.2. The lowest BCUT2D eigenvalue weighted by molar-refractivity contribution is -0.131. The minimum atomic E-state index is -0.380. The van der Waals surface area contributed by atoms with Crippen LogP contribution in [-0.4, -0.2) is 27.3 Å². The van der Waals surface area contributed by atoms with Gasteiger partial charge < -0.3 is 9.88 Å². The van der Waals surface area contributed by atoms with E-state index in [1.165, 1.54) is 5.56 Å². The van der Waals surface area contributed by atoms with Gasteiger partial charge in [0.05, 0.1) is 0 Å². The van der Waals surface area contributed by atoms with Gasteiger partial charge in [-0.1, -0.05) is 30.3 Å². The van der Waals surface area contributed by atoms with Crippen LogP contribution in [0.5, 0.6) is 0 Å². The van der Waals surface area contributed by atoms with Gasteiger partial charge in [0.25, 0.3) is 5.56 Å². The molecule has 3 aromatic rings. The number of aromatic amines is 1. The first-order valence-corrected chi connectivity index (χ1v) is 10.3. The zero-order chi connectivity index (χ0) is 22.2. The lowest BCUT2D eigenvalue weighted by Gasteiger charge is -2.23. The normalized spacial score (nSPS) is 10.5. The van der Waals surface area contributed by atoms with Gasteiger partial charge in [0.15, 0.2) is 0 Å². The number of aromatic nitrogens is 2. The second-order valence-electron chi connectivity index (χ2n) is 7.58. The molecule has 1 N–H and O–H groups in total. The van der Waals surface area contributed by atoms with Gasteiger partial charge in [-0.3, -0.25) is 14.6 Å². The monoisotopic (exact) mass is 414 g/mol. The van der Waals surface area contributed by atoms with Crippen LogP contribution in [0.25, 0.3) is 0 Å². The summed E-state index contributed by atoms with van der Waals surface area (Å²) in [6, 6.07) is 15.9. The highest BCUT2D eigenvalue weighted by Crippen LogP contribution is 2.16. The predicted octanol–water partition coefficient (Wildman–Crippen LogP) is 3.46. The Hall–Kier alpha value is -3.72. The molecule has 1 aromatic carbocycles. The first kappa shape index (κ1) is 22.0. The lowest BCUT2D eigenvalue weighted by atomic mass is 9.98. The molecule has 0 radical (unpaired) electrons. The number of carbonyl (C=O) groups excluding carboxylic acids is 1. The van der Waals surface area contributed by atoms with Gasteiger partial charge in [0.1, 0.15) is 11.6 Å². The Kier molecular flexibility index (Phi) is 7.34. The molecular formula is C25H26N4O2. The summed E-state index contributed by atoms with van der Waals surface area (Å²) in [6.45, 7) is 4.70. The Balaban J connectivity index is 1.75. The van der Waals surface area contributed by atoms with Crippen molar-refractivity contribution in [3.8, 4) is 6.07 Å². The summed E-state index contributed by atoms with van der Waals surface area (Å²) in [4.78, 5) is 33.8. The van der Waals surface area contributed by atoms with Crippen LogP contribution in [0.3, 0.4) is 0 Å². The first-order valence-electron chi connectivity index (χ1n) is 10.3. The largest absolute Gasteiger partial charge is 0.338 e. The summed E-state index contributed by atoms with van der Waals surface area (Å²) in [5.41, 5.74) is 4.17. The first-order chi connectivity index (χ1) is 15.0. The highest BCUT2D eigenvalue weighted by Gasteiger charge is 2.17. The molecule has 0 saturated heterocycles. The van der Waals surface area contributed by atoms with E-state index in [0.717, 1.165) is 17.5 Å². The Morgan fingerprint density at radius 1 is 1.06 bits per heavy atom. The lowest BCUT2D eigenvalue weighted by Crippen LogP contribution is -2.33. The van der Waals surface area contributed by atoms with Crippen LogP contribution in [-0.2, 0) is 24.2 Å². The van der Waals surface area contributed by atoms with Gasteiger partial charge in [-0.2, -0.15) is 5.26 Å². The van der Waals surface area contributed by atoms with Crippen molar-refractivity contribution < 1.29 is 4.79 Å². The molecule has 0 atom stereocenters. The number of pyridine rings is 2. The van der Waals surface area contributed by atoms with Gasteiger partial charge >= 0.3 is 0 Å². The molecule has 0 aliphatic heterocycles. The Bertz CT molecular complexity index is 1130. The minimum absolute atomic E-state index is 0.0382. The molecule has 6 nitrogen and oxygen atoms in total. The summed E-state index contributed by atoms with van der Waals surface area (Å²) in [7, 11) is 0. The molecule has 0 aliphatic rings. The van der Waals surface area contributed by atoms with Crippen molar-refractivity contribution >= 4 is 5.91 Å². The number of carbonyl (C=O) groups is 1. The average molecular weight is 415 g/mol. The Morgan fingerprint density at radius 3 is 2.45 bits per heavy atom. The molecule has 0 aliphatic carbocycles. The second kappa shape index (κ2) is 10.4. The van der Waals surface area contributed by atoms with Crippen molar-refractivity contribution in [3.63, 3.8) is 0 Å². The molecule has 0 bridgehead atoms. The summed E-state index contributed by atoms with van der Waals surface area (Å²) in [6.07, 6.45) is 5.00. The van der Waals surface area contributed by atoms with Crippen molar-refractivity contribution in [2.24, 2.45) is 0 Å². The number of benzene rings is 1. The molecule has 3 rings (SSSR count). The van der Waals surface area contributed by atoms with E-state index in [4.69, 9.17) is 0 Å². The molecule has 2 heterocycles. The fourth-order valence-electron chi connectivity index (χ4n) is 3.72. The van der Waals surface area contributed by atoms with E-state index in [1.54, 1.807) is 26.2 Å². The molecule has 0 unspecified atom stereocenters. The number of nitriles is 1. The molecule has 0 spiro atoms. The van der Waals surface area contributed by atoms with E-state index < -0.39 is 0 Å². The van der Waals surface area contributed by atoms with Crippen LogP contribution in [0.4, 0.5) is 0 Å². The van der Waals surface area contributed by atoms with Gasteiger partial charge in [-0.25, -0.2) is 0 Å². The van der Waals surface area contributed by atoms with E-state index in [1.807, 2.05) is 41.3 Å². The molecule has 0 saturated carbocycles. The number of hydrogen-bond acceptors (Lipinski definition) is 4. The third-order valence-corrected chi connectivity index (χ3v) is 5.50. The summed E-state index contributed by atoms with van der Waals surface area (Å²) in [5.74, 6) is 0.0382. The van der Waals surface area contributed by atoms with Crippen LogP contribution in [0.15, 0.2) is 59.7 Å². The Morgan fingerprint density at radius 2 is 1.77 bits per heavy atom. The van der Waals surface area contributed by atoms with Gasteiger partial charge in [-0.05, 0) is 61.1 Å². The summed E-state index contributed by atoms with van der Waals surface area (Å²) >= 11 is 0. The van der Waals surface area contributed by atoms with Crippen molar-refractivity contribution in [3.05, 3.63) is 98.7 Å². The quantitative estimate of drug-likeness (QED) is 0.611. The number of hydrogen-bond donors (Lipinski definition) is 1. The molecule has 1 amide bonds. The van der Waals surface area contributed by atoms with E-state index in [-0.39, 0.29) is 17.0 Å². The van der Waals surface area contributed by atoms with Crippen LogP contribution in [0.2, 0.25) is 0 Å². The molecule has 0 fully saturated rings. The highest BCUT2D eigenvalue weighted by molar-refractivity contribution is 5.76. The van der Waals surface area contributed by atoms with Crippen LogP contribution >= 0.6 is 0 Å². The van der Waals surface area contributed by atoms with Crippen LogP contribution in [0.1, 0.15) is 39.9 Å². The number of aryl methyl sites for hydroxylation is 1. The summed E-state index contributed by atoms with van der Waals surface area (Å²) < 4.78 is 0. The number of nitrogens with one attached hydrogen (secondary N) is 1. The smallest absolute Gasteiger partial charge is 0.266 e. The fourth-order valence-corrected chi connectivity index (χ4v) is 3.72. The third-order valence-electron chi connectivity index (χ3n) is 5.50. The molecule has 6 heteroatoms. The Labute approximate surface area is 182 Å². The summed E-state index contributed by atoms with van der Waals surface area (Å²) in [5, 5.41) is 9.27. The molecular weight excluding hydrogens is 388 g/mol. The van der Waals surface area contributed by atoms with Gasteiger partial charge in [-0.15, -0.1) is 0 Å². The van der Waals surface area contributed by atoms with E-state index in [0.29, 0.717) is 37.2 Å². The molecule has 158 valence electrons. The number of amides is 1. The zero-order valence-electron chi connectivity index (χ0n) is 17.9. The predicted molar refractivity (Wildman–Crippen MR) is 119 cm³/mol. The zero-order valence-corrected chi connectivity index (χ0v) is 17.9. The van der Waals surface area contributed by atoms with Crippen molar-refractivity contribution in [1.29, 1.82) is 5.26 Å². The van der Waals surface area contributed by atoms with Crippen LogP contribution < -0.4 is 5.56 Å². The van der Waals surface area contributed by atoms with Gasteiger partial charge in [0, 0.05) is 37.6 Å². The number of H-pyrrole nitrogens is 1. The van der Waals surface area contributed by atoms with Crippen molar-refractivity contribution in [2.75, 3.05) is 6.54 Å².